The molecule has 1 aliphatic rings. The predicted molar refractivity (Wildman–Crippen MR) is 117 cm³/mol. The van der Waals surface area contributed by atoms with Crippen molar-refractivity contribution in [2.75, 3.05) is 14.2 Å². The van der Waals surface area contributed by atoms with Gasteiger partial charge in [0.05, 0.1) is 25.3 Å². The fourth-order valence-electron chi connectivity index (χ4n) is 3.50. The van der Waals surface area contributed by atoms with Crippen molar-refractivity contribution >= 4 is 22.1 Å². The van der Waals surface area contributed by atoms with Gasteiger partial charge in [0.15, 0.2) is 11.6 Å². The lowest BCUT2D eigenvalue weighted by Gasteiger charge is -2.22. The van der Waals surface area contributed by atoms with E-state index in [1.165, 1.54) is 32.4 Å². The van der Waals surface area contributed by atoms with Crippen LogP contribution in [0.2, 0.25) is 0 Å². The number of benzene rings is 2. The zero-order valence-electron chi connectivity index (χ0n) is 19.2. The maximum absolute atomic E-state index is 13.9. The van der Waals surface area contributed by atoms with E-state index in [-0.39, 0.29) is 16.9 Å². The highest BCUT2D eigenvalue weighted by atomic mass is 32.2. The SMILES string of the molecule is COC(=O)c1ccc(C2CCCCC2)c(F)c1.COC(=O)c1ccc(OS(=O)(=O)C(F)(F)F)c(F)c1. The normalized spacial score (nSPS) is 14.3. The summed E-state index contributed by atoms with van der Waals surface area (Å²) >= 11 is 0. The third-order valence-electron chi connectivity index (χ3n) is 5.30. The van der Waals surface area contributed by atoms with Gasteiger partial charge in [-0.2, -0.15) is 21.6 Å². The second-order valence-electron chi connectivity index (χ2n) is 7.68. The van der Waals surface area contributed by atoms with E-state index in [2.05, 4.69) is 13.7 Å². The molecule has 0 aliphatic heterocycles. The van der Waals surface area contributed by atoms with Crippen LogP contribution in [-0.4, -0.2) is 40.1 Å². The van der Waals surface area contributed by atoms with Crippen molar-refractivity contribution in [2.24, 2.45) is 0 Å². The van der Waals surface area contributed by atoms with Crippen LogP contribution >= 0.6 is 0 Å². The molecule has 2 aromatic carbocycles. The molecule has 3 rings (SSSR count). The first-order chi connectivity index (χ1) is 16.8. The number of alkyl halides is 3. The van der Waals surface area contributed by atoms with E-state index in [4.69, 9.17) is 0 Å². The van der Waals surface area contributed by atoms with Gasteiger partial charge in [-0.25, -0.2) is 18.4 Å². The maximum Gasteiger partial charge on any atom is 0.534 e. The molecule has 1 aliphatic carbocycles. The summed E-state index contributed by atoms with van der Waals surface area (Å²) < 4.78 is 96.9. The molecule has 0 amide bonds. The Morgan fingerprint density at radius 3 is 1.78 bits per heavy atom. The lowest BCUT2D eigenvalue weighted by Crippen LogP contribution is -2.28. The van der Waals surface area contributed by atoms with Crippen molar-refractivity contribution in [3.05, 3.63) is 64.7 Å². The van der Waals surface area contributed by atoms with Crippen LogP contribution in [0.3, 0.4) is 0 Å². The van der Waals surface area contributed by atoms with E-state index in [1.807, 2.05) is 0 Å². The molecule has 0 bridgehead atoms. The Labute approximate surface area is 204 Å². The largest absolute Gasteiger partial charge is 0.534 e. The smallest absolute Gasteiger partial charge is 0.465 e. The minimum absolute atomic E-state index is 0.278. The number of hydrogen-bond donors (Lipinski definition) is 0. The average molecular weight is 538 g/mol. The standard InChI is InChI=1S/C14H17FO2.C9H6F4O5S/c1-17-14(16)11-7-8-12(13(15)9-11)10-5-3-2-4-6-10;1-17-8(14)5-2-3-7(6(10)4-5)18-19(15,16)9(11,12)13/h7-10H,2-6H2,1H3;2-4H,1H3. The van der Waals surface area contributed by atoms with Gasteiger partial charge in [-0.15, -0.1) is 0 Å². The highest BCUT2D eigenvalue weighted by molar-refractivity contribution is 7.88. The van der Waals surface area contributed by atoms with Crippen LogP contribution in [0.5, 0.6) is 5.75 Å². The van der Waals surface area contributed by atoms with Crippen LogP contribution in [-0.2, 0) is 19.6 Å². The number of hydrogen-bond acceptors (Lipinski definition) is 7. The summed E-state index contributed by atoms with van der Waals surface area (Å²) in [5.74, 6) is -4.01. The highest BCUT2D eigenvalue weighted by Crippen LogP contribution is 2.34. The Morgan fingerprint density at radius 1 is 0.833 bits per heavy atom. The summed E-state index contributed by atoms with van der Waals surface area (Å²) in [5, 5.41) is 0. The number of halogens is 5. The molecule has 2 aromatic rings. The van der Waals surface area contributed by atoms with E-state index in [0.29, 0.717) is 18.1 Å². The molecule has 36 heavy (non-hydrogen) atoms. The highest BCUT2D eigenvalue weighted by Gasteiger charge is 2.48. The fourth-order valence-corrected chi connectivity index (χ4v) is 3.96. The van der Waals surface area contributed by atoms with Crippen molar-refractivity contribution in [1.29, 1.82) is 0 Å². The van der Waals surface area contributed by atoms with Crippen LogP contribution < -0.4 is 4.18 Å². The lowest BCUT2D eigenvalue weighted by molar-refractivity contribution is -0.0501. The number of carbonyl (C=O) groups is 2. The van der Waals surface area contributed by atoms with Gasteiger partial charge >= 0.3 is 27.6 Å². The number of esters is 2. The predicted octanol–water partition coefficient (Wildman–Crippen LogP) is 5.50. The Morgan fingerprint density at radius 2 is 1.33 bits per heavy atom. The minimum atomic E-state index is -5.97. The molecular formula is C23H23F5O7S. The molecule has 1 fully saturated rings. The van der Waals surface area contributed by atoms with Crippen LogP contribution in [0.1, 0.15) is 64.3 Å². The summed E-state index contributed by atoms with van der Waals surface area (Å²) in [5.41, 5.74) is -4.96. The molecule has 0 N–H and O–H groups in total. The molecule has 1 saturated carbocycles. The number of rotatable bonds is 5. The molecule has 0 spiro atoms. The second kappa shape index (κ2) is 12.2. The van der Waals surface area contributed by atoms with Crippen molar-refractivity contribution in [1.82, 2.24) is 0 Å². The first kappa shape index (κ1) is 29.0. The van der Waals surface area contributed by atoms with E-state index < -0.39 is 39.1 Å². The van der Waals surface area contributed by atoms with Crippen LogP contribution in [0.25, 0.3) is 0 Å². The van der Waals surface area contributed by atoms with Crippen LogP contribution in [0.15, 0.2) is 36.4 Å². The van der Waals surface area contributed by atoms with Gasteiger partial charge in [0.2, 0.25) is 0 Å². The van der Waals surface area contributed by atoms with Crippen LogP contribution in [0, 0.1) is 11.6 Å². The van der Waals surface area contributed by atoms with E-state index in [9.17, 15) is 40.0 Å². The van der Waals surface area contributed by atoms with Gasteiger partial charge < -0.3 is 13.7 Å². The van der Waals surface area contributed by atoms with Gasteiger partial charge in [-0.3, -0.25) is 0 Å². The number of methoxy groups -OCH3 is 2. The molecule has 198 valence electrons. The van der Waals surface area contributed by atoms with Gasteiger partial charge in [0, 0.05) is 0 Å². The molecule has 0 heterocycles. The third-order valence-corrected chi connectivity index (χ3v) is 6.27. The second-order valence-corrected chi connectivity index (χ2v) is 9.22. The third kappa shape index (κ3) is 7.39. The molecule has 0 atom stereocenters. The molecular weight excluding hydrogens is 515 g/mol. The molecule has 0 saturated heterocycles. The van der Waals surface area contributed by atoms with Crippen molar-refractivity contribution < 1.29 is 53.6 Å². The van der Waals surface area contributed by atoms with Gasteiger partial charge in [-0.05, 0) is 54.7 Å². The summed E-state index contributed by atoms with van der Waals surface area (Å²) in [4.78, 5) is 22.3. The molecule has 7 nitrogen and oxygen atoms in total. The van der Waals surface area contributed by atoms with Crippen molar-refractivity contribution in [3.63, 3.8) is 0 Å². The Bertz CT molecular complexity index is 1190. The molecule has 0 unspecified atom stereocenters. The topological polar surface area (TPSA) is 96.0 Å². The Hall–Kier alpha value is -3.22. The summed E-state index contributed by atoms with van der Waals surface area (Å²) in [6.07, 6.45) is 5.69. The average Bonchev–Trinajstić information content (AvgIpc) is 2.84. The first-order valence-corrected chi connectivity index (χ1v) is 12.0. The summed E-state index contributed by atoms with van der Waals surface area (Å²) in [6, 6.07) is 6.60. The van der Waals surface area contributed by atoms with E-state index >= 15 is 0 Å². The lowest BCUT2D eigenvalue weighted by atomic mass is 9.83. The Kier molecular flexibility index (Phi) is 9.79. The first-order valence-electron chi connectivity index (χ1n) is 10.6. The van der Waals surface area contributed by atoms with E-state index in [1.54, 1.807) is 12.1 Å². The zero-order valence-corrected chi connectivity index (χ0v) is 20.0. The van der Waals surface area contributed by atoms with Gasteiger partial charge in [0.1, 0.15) is 5.82 Å². The Balaban J connectivity index is 0.000000255. The van der Waals surface area contributed by atoms with Gasteiger partial charge in [-0.1, -0.05) is 25.3 Å². The number of ether oxygens (including phenoxy) is 2. The van der Waals surface area contributed by atoms with Crippen molar-refractivity contribution in [2.45, 2.75) is 43.5 Å². The fraction of sp³-hybridized carbons (Fsp3) is 0.391. The van der Waals surface area contributed by atoms with Crippen LogP contribution in [0.4, 0.5) is 22.0 Å². The summed E-state index contributed by atoms with van der Waals surface area (Å²) in [7, 11) is -3.65. The molecule has 0 aromatic heterocycles. The minimum Gasteiger partial charge on any atom is -0.465 e. The molecule has 0 radical (unpaired) electrons. The zero-order chi connectivity index (χ0) is 27.1. The quantitative estimate of drug-likeness (QED) is 0.215. The van der Waals surface area contributed by atoms with E-state index in [0.717, 1.165) is 31.6 Å². The molecule has 13 heteroatoms. The van der Waals surface area contributed by atoms with Crippen molar-refractivity contribution in [3.8, 4) is 5.75 Å². The summed E-state index contributed by atoms with van der Waals surface area (Å²) in [6.45, 7) is 0. The maximum atomic E-state index is 13.9. The number of carbonyl (C=O) groups excluding carboxylic acids is 2. The van der Waals surface area contributed by atoms with Gasteiger partial charge in [0.25, 0.3) is 0 Å². The monoisotopic (exact) mass is 538 g/mol.